The van der Waals surface area contributed by atoms with Crippen molar-refractivity contribution in [3.8, 4) is 0 Å². The van der Waals surface area contributed by atoms with E-state index in [4.69, 9.17) is 0 Å². The van der Waals surface area contributed by atoms with Crippen molar-refractivity contribution in [1.29, 1.82) is 0 Å². The lowest BCUT2D eigenvalue weighted by Crippen LogP contribution is -2.36. The summed E-state index contributed by atoms with van der Waals surface area (Å²) in [6, 6.07) is 18.1. The molecule has 0 saturated heterocycles. The van der Waals surface area contributed by atoms with E-state index in [-0.39, 0.29) is 6.03 Å². The minimum Gasteiger partial charge on any atom is -0.334 e. The highest BCUT2D eigenvalue weighted by molar-refractivity contribution is 5.73. The molecule has 3 heteroatoms. The van der Waals surface area contributed by atoms with Gasteiger partial charge in [-0.3, -0.25) is 0 Å². The summed E-state index contributed by atoms with van der Waals surface area (Å²) in [7, 11) is 1.81. The van der Waals surface area contributed by atoms with Crippen LogP contribution in [0.3, 0.4) is 0 Å². The highest BCUT2D eigenvalue weighted by Crippen LogP contribution is 2.06. The first-order valence-corrected chi connectivity index (χ1v) is 6.73. The molecule has 0 saturated carbocycles. The van der Waals surface area contributed by atoms with Crippen LogP contribution in [0.5, 0.6) is 0 Å². The van der Waals surface area contributed by atoms with Gasteiger partial charge in [-0.1, -0.05) is 60.2 Å². The number of rotatable bonds is 4. The average molecular weight is 268 g/mol. The van der Waals surface area contributed by atoms with Crippen LogP contribution in [-0.2, 0) is 13.1 Å². The summed E-state index contributed by atoms with van der Waals surface area (Å²) in [6.07, 6.45) is 0. The lowest BCUT2D eigenvalue weighted by Gasteiger charge is -2.18. The molecule has 0 spiro atoms. The maximum absolute atomic E-state index is 12.0. The fraction of sp³-hybridized carbons (Fsp3) is 0.235. The zero-order chi connectivity index (χ0) is 14.4. The molecule has 104 valence electrons. The molecule has 3 nitrogen and oxygen atoms in total. The van der Waals surface area contributed by atoms with Crippen molar-refractivity contribution in [2.24, 2.45) is 0 Å². The third kappa shape index (κ3) is 4.12. The van der Waals surface area contributed by atoms with Gasteiger partial charge in [0.25, 0.3) is 0 Å². The summed E-state index contributed by atoms with van der Waals surface area (Å²) in [5.41, 5.74) is 3.46. The van der Waals surface area contributed by atoms with E-state index < -0.39 is 0 Å². The summed E-state index contributed by atoms with van der Waals surface area (Å²) < 4.78 is 0. The molecule has 0 radical (unpaired) electrons. The SMILES string of the molecule is Cc1ccc(CN(C)C(=O)NCc2ccccc2)cc1. The Morgan fingerprint density at radius 1 is 1.00 bits per heavy atom. The maximum atomic E-state index is 12.0. The van der Waals surface area contributed by atoms with E-state index in [0.717, 1.165) is 11.1 Å². The van der Waals surface area contributed by atoms with E-state index in [1.807, 2.05) is 30.3 Å². The van der Waals surface area contributed by atoms with E-state index in [9.17, 15) is 4.79 Å². The van der Waals surface area contributed by atoms with Crippen LogP contribution in [0.25, 0.3) is 0 Å². The second kappa shape index (κ2) is 6.75. The Balaban J connectivity index is 1.84. The average Bonchev–Trinajstić information content (AvgIpc) is 2.48. The molecular weight excluding hydrogens is 248 g/mol. The number of benzene rings is 2. The van der Waals surface area contributed by atoms with E-state index in [1.165, 1.54) is 5.56 Å². The molecule has 0 bridgehead atoms. The van der Waals surface area contributed by atoms with Crippen molar-refractivity contribution in [3.05, 3.63) is 71.3 Å². The molecule has 2 aromatic carbocycles. The van der Waals surface area contributed by atoms with E-state index in [0.29, 0.717) is 13.1 Å². The van der Waals surface area contributed by atoms with Crippen LogP contribution >= 0.6 is 0 Å². The van der Waals surface area contributed by atoms with Crippen molar-refractivity contribution in [1.82, 2.24) is 10.2 Å². The summed E-state index contributed by atoms with van der Waals surface area (Å²) in [4.78, 5) is 13.7. The molecule has 0 aliphatic heterocycles. The van der Waals surface area contributed by atoms with Gasteiger partial charge < -0.3 is 10.2 Å². The zero-order valence-electron chi connectivity index (χ0n) is 12.0. The lowest BCUT2D eigenvalue weighted by molar-refractivity contribution is 0.206. The molecule has 0 unspecified atom stereocenters. The highest BCUT2D eigenvalue weighted by Gasteiger charge is 2.08. The van der Waals surface area contributed by atoms with Gasteiger partial charge in [-0.05, 0) is 18.1 Å². The third-order valence-corrected chi connectivity index (χ3v) is 3.17. The number of urea groups is 1. The Labute approximate surface area is 120 Å². The fourth-order valence-electron chi connectivity index (χ4n) is 1.95. The highest BCUT2D eigenvalue weighted by atomic mass is 16.2. The van der Waals surface area contributed by atoms with Crippen molar-refractivity contribution >= 4 is 6.03 Å². The number of nitrogens with zero attached hydrogens (tertiary/aromatic N) is 1. The summed E-state index contributed by atoms with van der Waals surface area (Å²) >= 11 is 0. The minimum absolute atomic E-state index is 0.0607. The molecule has 20 heavy (non-hydrogen) atoms. The number of amides is 2. The van der Waals surface area contributed by atoms with Gasteiger partial charge in [0, 0.05) is 20.1 Å². The van der Waals surface area contributed by atoms with E-state index in [1.54, 1.807) is 11.9 Å². The summed E-state index contributed by atoms with van der Waals surface area (Å²) in [5, 5.41) is 2.92. The standard InChI is InChI=1S/C17H20N2O/c1-14-8-10-16(11-9-14)13-19(2)17(20)18-12-15-6-4-3-5-7-15/h3-11H,12-13H2,1-2H3,(H,18,20). The third-order valence-electron chi connectivity index (χ3n) is 3.17. The second-order valence-corrected chi connectivity index (χ2v) is 4.99. The first-order valence-electron chi connectivity index (χ1n) is 6.73. The number of carbonyl (C=O) groups excluding carboxylic acids is 1. The molecule has 0 aliphatic carbocycles. The van der Waals surface area contributed by atoms with Crippen LogP contribution < -0.4 is 5.32 Å². The zero-order valence-corrected chi connectivity index (χ0v) is 12.0. The van der Waals surface area contributed by atoms with Gasteiger partial charge >= 0.3 is 6.03 Å². The van der Waals surface area contributed by atoms with Gasteiger partial charge in [0.2, 0.25) is 0 Å². The Kier molecular flexibility index (Phi) is 4.77. The van der Waals surface area contributed by atoms with Crippen molar-refractivity contribution < 1.29 is 4.79 Å². The Bertz CT molecular complexity index is 549. The molecule has 2 rings (SSSR count). The first-order chi connectivity index (χ1) is 9.65. The molecule has 0 aromatic heterocycles. The number of hydrogen-bond acceptors (Lipinski definition) is 1. The summed E-state index contributed by atoms with van der Waals surface area (Å²) in [5.74, 6) is 0. The first kappa shape index (κ1) is 14.1. The number of carbonyl (C=O) groups is 1. The number of nitrogens with one attached hydrogen (secondary N) is 1. The van der Waals surface area contributed by atoms with Gasteiger partial charge in [-0.2, -0.15) is 0 Å². The quantitative estimate of drug-likeness (QED) is 0.906. The Morgan fingerprint density at radius 2 is 1.65 bits per heavy atom. The Morgan fingerprint density at radius 3 is 2.30 bits per heavy atom. The van der Waals surface area contributed by atoms with Crippen LogP contribution in [0.2, 0.25) is 0 Å². The second-order valence-electron chi connectivity index (χ2n) is 4.99. The van der Waals surface area contributed by atoms with Crippen LogP contribution in [0.15, 0.2) is 54.6 Å². The smallest absolute Gasteiger partial charge is 0.317 e. The van der Waals surface area contributed by atoms with Crippen LogP contribution in [0.1, 0.15) is 16.7 Å². The van der Waals surface area contributed by atoms with Crippen LogP contribution in [0.4, 0.5) is 4.79 Å². The Hall–Kier alpha value is -2.29. The molecule has 0 heterocycles. The lowest BCUT2D eigenvalue weighted by atomic mass is 10.1. The predicted molar refractivity (Wildman–Crippen MR) is 81.3 cm³/mol. The van der Waals surface area contributed by atoms with Gasteiger partial charge in [-0.25, -0.2) is 4.79 Å². The van der Waals surface area contributed by atoms with Crippen molar-refractivity contribution in [2.75, 3.05) is 7.05 Å². The van der Waals surface area contributed by atoms with E-state index >= 15 is 0 Å². The summed E-state index contributed by atoms with van der Waals surface area (Å²) in [6.45, 7) is 3.22. The fourth-order valence-corrected chi connectivity index (χ4v) is 1.95. The van der Waals surface area contributed by atoms with Crippen molar-refractivity contribution in [3.63, 3.8) is 0 Å². The van der Waals surface area contributed by atoms with Gasteiger partial charge in [0.15, 0.2) is 0 Å². The molecule has 0 fully saturated rings. The van der Waals surface area contributed by atoms with Gasteiger partial charge in [0.1, 0.15) is 0 Å². The monoisotopic (exact) mass is 268 g/mol. The van der Waals surface area contributed by atoms with Crippen molar-refractivity contribution in [2.45, 2.75) is 20.0 Å². The minimum atomic E-state index is -0.0607. The predicted octanol–water partition coefficient (Wildman–Crippen LogP) is 3.34. The molecule has 0 aliphatic rings. The number of hydrogen-bond donors (Lipinski definition) is 1. The molecule has 1 N–H and O–H groups in total. The van der Waals surface area contributed by atoms with E-state index in [2.05, 4.69) is 36.5 Å². The molecule has 2 aromatic rings. The van der Waals surface area contributed by atoms with Gasteiger partial charge in [0.05, 0.1) is 0 Å². The molecule has 2 amide bonds. The van der Waals surface area contributed by atoms with Gasteiger partial charge in [-0.15, -0.1) is 0 Å². The largest absolute Gasteiger partial charge is 0.334 e. The van der Waals surface area contributed by atoms with Crippen LogP contribution in [0, 0.1) is 6.92 Å². The number of aryl methyl sites for hydroxylation is 1. The topological polar surface area (TPSA) is 32.3 Å². The normalized spacial score (nSPS) is 10.1. The molecule has 0 atom stereocenters. The maximum Gasteiger partial charge on any atom is 0.317 e. The van der Waals surface area contributed by atoms with Crippen LogP contribution in [-0.4, -0.2) is 18.0 Å². The molecular formula is C17H20N2O.